The molecule has 2 aliphatic carbocycles. The van der Waals surface area contributed by atoms with Gasteiger partial charge in [0.05, 0.1) is 11.0 Å². The molecule has 2 fully saturated rings. The molecule has 0 aromatic heterocycles. The lowest BCUT2D eigenvalue weighted by atomic mass is 9.96. The van der Waals surface area contributed by atoms with Crippen LogP contribution in [-0.2, 0) is 0 Å². The number of benzene rings is 1. The largest absolute Gasteiger partial charge is 0.491 e. The molecule has 0 spiro atoms. The molecule has 3 rings (SSSR count). The molecule has 21 heavy (non-hydrogen) atoms. The molecule has 0 heterocycles. The Morgan fingerprint density at radius 2 is 2.00 bits per heavy atom. The van der Waals surface area contributed by atoms with Crippen molar-refractivity contribution >= 4 is 5.69 Å². The highest BCUT2D eigenvalue weighted by molar-refractivity contribution is 5.36. The van der Waals surface area contributed by atoms with Gasteiger partial charge in [0.15, 0.2) is 0 Å². The molecular weight excluding hydrogens is 270 g/mol. The van der Waals surface area contributed by atoms with E-state index in [1.165, 1.54) is 12.1 Å². The van der Waals surface area contributed by atoms with Gasteiger partial charge in [-0.25, -0.2) is 0 Å². The molecular formula is C15H17N3O3. The summed E-state index contributed by atoms with van der Waals surface area (Å²) >= 11 is 0. The average molecular weight is 287 g/mol. The van der Waals surface area contributed by atoms with Gasteiger partial charge in [0.2, 0.25) is 0 Å². The number of nitro groups is 1. The number of non-ortho nitro benzene ring substituents is 1. The summed E-state index contributed by atoms with van der Waals surface area (Å²) < 4.78 is 5.72. The number of ether oxygens (including phenoxy) is 1. The van der Waals surface area contributed by atoms with E-state index < -0.39 is 10.5 Å². The predicted octanol–water partition coefficient (Wildman–Crippen LogP) is 2.40. The zero-order valence-electron chi connectivity index (χ0n) is 11.6. The summed E-state index contributed by atoms with van der Waals surface area (Å²) in [6, 6.07) is 8.81. The number of hydrogen-bond acceptors (Lipinski definition) is 5. The summed E-state index contributed by atoms with van der Waals surface area (Å²) in [4.78, 5) is 10.2. The van der Waals surface area contributed by atoms with Gasteiger partial charge in [0.25, 0.3) is 5.69 Å². The van der Waals surface area contributed by atoms with Gasteiger partial charge in [0.1, 0.15) is 17.9 Å². The number of hydrogen-bond donors (Lipinski definition) is 1. The van der Waals surface area contributed by atoms with Crippen LogP contribution in [-0.4, -0.2) is 23.1 Å². The maximum absolute atomic E-state index is 10.6. The Hall–Kier alpha value is -2.13. The van der Waals surface area contributed by atoms with Crippen molar-refractivity contribution in [2.75, 3.05) is 6.61 Å². The molecule has 6 heteroatoms. The Morgan fingerprint density at radius 1 is 1.33 bits per heavy atom. The highest BCUT2D eigenvalue weighted by Gasteiger charge is 2.49. The second-order valence-electron chi connectivity index (χ2n) is 5.82. The van der Waals surface area contributed by atoms with Crippen LogP contribution in [0.25, 0.3) is 0 Å². The van der Waals surface area contributed by atoms with Crippen LogP contribution in [0, 0.1) is 27.4 Å². The van der Waals surface area contributed by atoms with Crippen molar-refractivity contribution in [3.05, 3.63) is 34.4 Å². The molecule has 2 aliphatic rings. The highest BCUT2D eigenvalue weighted by atomic mass is 16.6. The van der Waals surface area contributed by atoms with Gasteiger partial charge in [-0.15, -0.1) is 0 Å². The monoisotopic (exact) mass is 287 g/mol. The van der Waals surface area contributed by atoms with E-state index in [1.54, 1.807) is 12.1 Å². The molecule has 1 atom stereocenters. The van der Waals surface area contributed by atoms with Gasteiger partial charge in [-0.2, -0.15) is 5.26 Å². The van der Waals surface area contributed by atoms with Crippen molar-refractivity contribution < 1.29 is 9.66 Å². The second-order valence-corrected chi connectivity index (χ2v) is 5.82. The quantitative estimate of drug-likeness (QED) is 0.614. The Balaban J connectivity index is 1.66. The summed E-state index contributed by atoms with van der Waals surface area (Å²) in [6.07, 6.45) is 4.34. The first-order valence-electron chi connectivity index (χ1n) is 7.19. The van der Waals surface area contributed by atoms with E-state index in [9.17, 15) is 15.4 Å². The van der Waals surface area contributed by atoms with E-state index in [0.717, 1.165) is 25.7 Å². The van der Waals surface area contributed by atoms with E-state index in [0.29, 0.717) is 17.7 Å². The molecule has 1 unspecified atom stereocenters. The number of nitrogens with one attached hydrogen (secondary N) is 1. The third kappa shape index (κ3) is 3.14. The second kappa shape index (κ2) is 5.34. The van der Waals surface area contributed by atoms with Gasteiger partial charge in [-0.3, -0.25) is 15.4 Å². The number of rotatable bonds is 7. The molecule has 0 saturated heterocycles. The van der Waals surface area contributed by atoms with Gasteiger partial charge < -0.3 is 4.74 Å². The Bertz CT molecular complexity index is 573. The Morgan fingerprint density at radius 3 is 2.48 bits per heavy atom. The van der Waals surface area contributed by atoms with Crippen LogP contribution >= 0.6 is 0 Å². The van der Waals surface area contributed by atoms with Gasteiger partial charge in [-0.05, 0) is 43.7 Å². The summed E-state index contributed by atoms with van der Waals surface area (Å²) in [5.74, 6) is 0.902. The van der Waals surface area contributed by atoms with Gasteiger partial charge in [0, 0.05) is 18.2 Å². The SMILES string of the molecule is N#CC(COc1ccc([N+](=O)[O-])cc1)(NC1CC1)C1CC1. The van der Waals surface area contributed by atoms with E-state index in [2.05, 4.69) is 11.4 Å². The molecule has 0 radical (unpaired) electrons. The van der Waals surface area contributed by atoms with Crippen molar-refractivity contribution in [1.82, 2.24) is 5.32 Å². The fourth-order valence-corrected chi connectivity index (χ4v) is 2.46. The number of nitro benzene ring substituents is 1. The van der Waals surface area contributed by atoms with E-state index in [1.807, 2.05) is 0 Å². The number of nitrogens with zero attached hydrogens (tertiary/aromatic N) is 2. The zero-order chi connectivity index (χ0) is 14.9. The van der Waals surface area contributed by atoms with Crippen molar-refractivity contribution in [2.45, 2.75) is 37.3 Å². The smallest absolute Gasteiger partial charge is 0.269 e. The first-order valence-corrected chi connectivity index (χ1v) is 7.19. The van der Waals surface area contributed by atoms with Crippen molar-refractivity contribution in [3.63, 3.8) is 0 Å². The van der Waals surface area contributed by atoms with Gasteiger partial charge in [-0.1, -0.05) is 0 Å². The van der Waals surface area contributed by atoms with E-state index in [4.69, 9.17) is 4.74 Å². The minimum absolute atomic E-state index is 0.0344. The van der Waals surface area contributed by atoms with Crippen LogP contribution in [0.4, 0.5) is 5.69 Å². The van der Waals surface area contributed by atoms with E-state index >= 15 is 0 Å². The third-order valence-electron chi connectivity index (χ3n) is 4.03. The molecule has 0 aliphatic heterocycles. The fourth-order valence-electron chi connectivity index (χ4n) is 2.46. The molecule has 1 aromatic carbocycles. The van der Waals surface area contributed by atoms with E-state index in [-0.39, 0.29) is 12.3 Å². The average Bonchev–Trinajstić information content (AvgIpc) is 3.37. The molecule has 0 bridgehead atoms. The highest BCUT2D eigenvalue weighted by Crippen LogP contribution is 2.41. The Labute approximate surface area is 122 Å². The standard InChI is InChI=1S/C15H17N3O3/c16-9-15(11-1-2-11,17-12-3-4-12)10-21-14-7-5-13(6-8-14)18(19)20/h5-8,11-12,17H,1-4,10H2. The first kappa shape index (κ1) is 13.8. The van der Waals surface area contributed by atoms with Crippen LogP contribution in [0.5, 0.6) is 5.75 Å². The van der Waals surface area contributed by atoms with Crippen molar-refractivity contribution in [3.8, 4) is 11.8 Å². The maximum Gasteiger partial charge on any atom is 0.269 e. The van der Waals surface area contributed by atoms with Crippen LogP contribution in [0.1, 0.15) is 25.7 Å². The summed E-state index contributed by atoms with van der Waals surface area (Å²) in [5, 5.41) is 23.6. The lowest BCUT2D eigenvalue weighted by Crippen LogP contribution is -2.52. The predicted molar refractivity (Wildman–Crippen MR) is 75.8 cm³/mol. The topological polar surface area (TPSA) is 88.2 Å². The summed E-state index contributed by atoms with van der Waals surface area (Å²) in [5.41, 5.74) is -0.588. The first-order chi connectivity index (χ1) is 10.1. The minimum Gasteiger partial charge on any atom is -0.491 e. The number of nitriles is 1. The zero-order valence-corrected chi connectivity index (χ0v) is 11.6. The Kier molecular flexibility index (Phi) is 3.52. The molecule has 2 saturated carbocycles. The third-order valence-corrected chi connectivity index (χ3v) is 4.03. The molecule has 0 amide bonds. The lowest BCUT2D eigenvalue weighted by Gasteiger charge is -2.28. The summed E-state index contributed by atoms with van der Waals surface area (Å²) in [7, 11) is 0. The van der Waals surface area contributed by atoms with Crippen LogP contribution in [0.3, 0.4) is 0 Å². The molecule has 110 valence electrons. The minimum atomic E-state index is -0.622. The van der Waals surface area contributed by atoms with Crippen LogP contribution in [0.15, 0.2) is 24.3 Å². The normalized spacial score (nSPS) is 20.3. The van der Waals surface area contributed by atoms with Crippen molar-refractivity contribution in [2.24, 2.45) is 5.92 Å². The lowest BCUT2D eigenvalue weighted by molar-refractivity contribution is -0.384. The van der Waals surface area contributed by atoms with Crippen molar-refractivity contribution in [1.29, 1.82) is 5.26 Å². The molecule has 1 aromatic rings. The summed E-state index contributed by atoms with van der Waals surface area (Å²) in [6.45, 7) is 0.280. The van der Waals surface area contributed by atoms with Gasteiger partial charge >= 0.3 is 0 Å². The maximum atomic E-state index is 10.6. The fraction of sp³-hybridized carbons (Fsp3) is 0.533. The molecule has 1 N–H and O–H groups in total. The van der Waals surface area contributed by atoms with Crippen LogP contribution in [0.2, 0.25) is 0 Å². The van der Waals surface area contributed by atoms with Crippen LogP contribution < -0.4 is 10.1 Å². The molecule has 6 nitrogen and oxygen atoms in total.